The Labute approximate surface area is 123 Å². The van der Waals surface area contributed by atoms with Crippen molar-refractivity contribution in [2.75, 3.05) is 6.61 Å². The molecule has 0 fully saturated rings. The van der Waals surface area contributed by atoms with Crippen molar-refractivity contribution in [2.45, 2.75) is 32.4 Å². The van der Waals surface area contributed by atoms with Crippen LogP contribution in [-0.2, 0) is 11.5 Å². The molecule has 2 rings (SSSR count). The van der Waals surface area contributed by atoms with E-state index in [4.69, 9.17) is 27.9 Å². The summed E-state index contributed by atoms with van der Waals surface area (Å²) in [5.74, 6) is 0. The molecule has 0 saturated carbocycles. The van der Waals surface area contributed by atoms with Gasteiger partial charge in [0.05, 0.1) is 11.3 Å². The predicted octanol–water partition coefficient (Wildman–Crippen LogP) is 4.05. The summed E-state index contributed by atoms with van der Waals surface area (Å²) in [6, 6.07) is 2.73. The molecule has 4 nitrogen and oxygen atoms in total. The molecule has 0 atom stereocenters. The van der Waals surface area contributed by atoms with E-state index in [9.17, 15) is 0 Å². The molecule has 0 radical (unpaired) electrons. The number of halogens is 2. The van der Waals surface area contributed by atoms with Crippen LogP contribution in [-0.4, -0.2) is 29.2 Å². The Morgan fingerprint density at radius 2 is 2.05 bits per heavy atom. The summed E-state index contributed by atoms with van der Waals surface area (Å²) in [6.45, 7) is 8.15. The Bertz CT molecular complexity index is 580. The van der Waals surface area contributed by atoms with Gasteiger partial charge in [0.15, 0.2) is 5.65 Å². The van der Waals surface area contributed by atoms with Crippen LogP contribution in [0.1, 0.15) is 0 Å². The monoisotopic (exact) mass is 317 g/mol. The van der Waals surface area contributed by atoms with Crippen molar-refractivity contribution in [3.05, 3.63) is 22.6 Å². The van der Waals surface area contributed by atoms with Crippen LogP contribution < -0.4 is 0 Å². The molecule has 0 N–H and O–H groups in total. The van der Waals surface area contributed by atoms with Gasteiger partial charge in [0.1, 0.15) is 17.4 Å². The lowest BCUT2D eigenvalue weighted by molar-refractivity contribution is 0.0895. The lowest BCUT2D eigenvalue weighted by Gasteiger charge is -2.15. The first-order valence-corrected chi connectivity index (χ1v) is 10.6. The molecule has 7 heteroatoms. The van der Waals surface area contributed by atoms with Crippen LogP contribution in [0.25, 0.3) is 11.2 Å². The van der Waals surface area contributed by atoms with Crippen molar-refractivity contribution in [2.24, 2.45) is 0 Å². The van der Waals surface area contributed by atoms with Crippen LogP contribution in [0.3, 0.4) is 0 Å². The highest BCUT2D eigenvalue weighted by Crippen LogP contribution is 2.23. The number of pyridine rings is 1. The van der Waals surface area contributed by atoms with Crippen molar-refractivity contribution in [3.63, 3.8) is 0 Å². The molecule has 0 bridgehead atoms. The van der Waals surface area contributed by atoms with Crippen LogP contribution in [0.5, 0.6) is 0 Å². The zero-order valence-corrected chi connectivity index (χ0v) is 13.8. The molecule has 0 spiro atoms. The summed E-state index contributed by atoms with van der Waals surface area (Å²) < 4.78 is 7.49. The molecule has 2 heterocycles. The third-order valence-corrected chi connectivity index (χ3v) is 4.91. The number of hydrogen-bond acceptors (Lipinski definition) is 3. The predicted molar refractivity (Wildman–Crippen MR) is 81.7 cm³/mol. The van der Waals surface area contributed by atoms with E-state index in [1.54, 1.807) is 12.4 Å². The van der Waals surface area contributed by atoms with Gasteiger partial charge in [-0.05, 0) is 12.1 Å². The topological polar surface area (TPSA) is 39.9 Å². The summed E-state index contributed by atoms with van der Waals surface area (Å²) >= 11 is 12.0. The highest BCUT2D eigenvalue weighted by atomic mass is 35.5. The number of ether oxygens (including phenoxy) is 1. The number of imidazole rings is 1. The molecular formula is C12H17Cl2N3OSi. The smallest absolute Gasteiger partial charge is 0.164 e. The van der Waals surface area contributed by atoms with Crippen LogP contribution in [0.4, 0.5) is 0 Å². The van der Waals surface area contributed by atoms with E-state index in [2.05, 4.69) is 29.6 Å². The van der Waals surface area contributed by atoms with Gasteiger partial charge in [-0.25, -0.2) is 9.97 Å². The maximum absolute atomic E-state index is 6.06. The van der Waals surface area contributed by atoms with Crippen LogP contribution in [0.15, 0.2) is 12.4 Å². The zero-order valence-electron chi connectivity index (χ0n) is 11.3. The molecule has 0 saturated heterocycles. The fourth-order valence-corrected chi connectivity index (χ4v) is 2.84. The summed E-state index contributed by atoms with van der Waals surface area (Å²) in [5, 5.41) is 0.872. The Hall–Kier alpha value is -0.623. The van der Waals surface area contributed by atoms with Crippen molar-refractivity contribution in [3.8, 4) is 0 Å². The second-order valence-corrected chi connectivity index (χ2v) is 12.1. The van der Waals surface area contributed by atoms with Crippen LogP contribution >= 0.6 is 23.2 Å². The molecule has 2 aromatic heterocycles. The second-order valence-electron chi connectivity index (χ2n) is 5.66. The normalized spacial score (nSPS) is 12.3. The largest absolute Gasteiger partial charge is 0.361 e. The van der Waals surface area contributed by atoms with Gasteiger partial charge in [-0.3, -0.25) is 4.57 Å². The fraction of sp³-hybridized carbons (Fsp3) is 0.500. The minimum atomic E-state index is -1.06. The van der Waals surface area contributed by atoms with E-state index >= 15 is 0 Å². The molecule has 104 valence electrons. The summed E-state index contributed by atoms with van der Waals surface area (Å²) in [7, 11) is -1.06. The van der Waals surface area contributed by atoms with Gasteiger partial charge < -0.3 is 4.74 Å². The molecular weight excluding hydrogens is 301 g/mol. The Morgan fingerprint density at radius 1 is 1.32 bits per heavy atom. The summed E-state index contributed by atoms with van der Waals surface area (Å²) in [5.41, 5.74) is 1.31. The van der Waals surface area contributed by atoms with Gasteiger partial charge >= 0.3 is 0 Å². The minimum Gasteiger partial charge on any atom is -0.361 e. The standard InChI is InChI=1S/C12H17Cl2N3OSi/c1-19(2,3)5-4-18-8-17-7-15-11-9(13)6-10(14)16-12(11)17/h6-7H,4-5,8H2,1-3H3. The Balaban J connectivity index is 2.05. The van der Waals surface area contributed by atoms with Gasteiger partial charge in [-0.2, -0.15) is 0 Å². The fourth-order valence-electron chi connectivity index (χ4n) is 1.60. The van der Waals surface area contributed by atoms with Gasteiger partial charge in [0, 0.05) is 14.7 Å². The quantitative estimate of drug-likeness (QED) is 0.474. The van der Waals surface area contributed by atoms with Gasteiger partial charge in [0.25, 0.3) is 0 Å². The Morgan fingerprint density at radius 3 is 2.74 bits per heavy atom. The molecule has 0 unspecified atom stereocenters. The van der Waals surface area contributed by atoms with Crippen LogP contribution in [0.2, 0.25) is 35.9 Å². The number of hydrogen-bond donors (Lipinski definition) is 0. The Kier molecular flexibility index (Phi) is 4.50. The average molecular weight is 318 g/mol. The number of aromatic nitrogens is 3. The second kappa shape index (κ2) is 5.79. The van der Waals surface area contributed by atoms with Gasteiger partial charge in [-0.15, -0.1) is 0 Å². The van der Waals surface area contributed by atoms with E-state index in [0.29, 0.717) is 28.1 Å². The molecule has 0 amide bonds. The summed E-state index contributed by atoms with van der Waals surface area (Å²) in [6.07, 6.45) is 1.67. The lowest BCUT2D eigenvalue weighted by Crippen LogP contribution is -2.22. The van der Waals surface area contributed by atoms with Gasteiger partial charge in [0.2, 0.25) is 0 Å². The third-order valence-electron chi connectivity index (χ3n) is 2.72. The third kappa shape index (κ3) is 3.92. The van der Waals surface area contributed by atoms with E-state index in [1.165, 1.54) is 0 Å². The molecule has 2 aromatic rings. The number of nitrogens with zero attached hydrogens (tertiary/aromatic N) is 3. The SMILES string of the molecule is C[Si](C)(C)CCOCn1cnc2c(Cl)cc(Cl)nc21. The van der Waals surface area contributed by atoms with E-state index < -0.39 is 8.07 Å². The van der Waals surface area contributed by atoms with E-state index in [-0.39, 0.29) is 0 Å². The first kappa shape index (κ1) is 14.8. The van der Waals surface area contributed by atoms with E-state index in [0.717, 1.165) is 12.7 Å². The average Bonchev–Trinajstić information content (AvgIpc) is 2.66. The first-order valence-electron chi connectivity index (χ1n) is 6.11. The van der Waals surface area contributed by atoms with Crippen LogP contribution in [0, 0.1) is 0 Å². The van der Waals surface area contributed by atoms with Crippen molar-refractivity contribution >= 4 is 42.4 Å². The molecule has 0 aromatic carbocycles. The molecule has 0 aliphatic carbocycles. The molecule has 0 aliphatic rings. The van der Waals surface area contributed by atoms with Crippen molar-refractivity contribution < 1.29 is 4.74 Å². The minimum absolute atomic E-state index is 0.362. The molecule has 19 heavy (non-hydrogen) atoms. The van der Waals surface area contributed by atoms with E-state index in [1.807, 2.05) is 4.57 Å². The highest BCUT2D eigenvalue weighted by molar-refractivity contribution is 6.76. The zero-order chi connectivity index (χ0) is 14.0. The van der Waals surface area contributed by atoms with Crippen molar-refractivity contribution in [1.29, 1.82) is 0 Å². The maximum Gasteiger partial charge on any atom is 0.164 e. The van der Waals surface area contributed by atoms with Crippen molar-refractivity contribution in [1.82, 2.24) is 14.5 Å². The lowest BCUT2D eigenvalue weighted by atomic mass is 10.4. The number of fused-ring (bicyclic) bond motifs is 1. The highest BCUT2D eigenvalue weighted by Gasteiger charge is 2.13. The number of rotatable bonds is 5. The molecule has 0 aliphatic heterocycles. The maximum atomic E-state index is 6.06. The first-order chi connectivity index (χ1) is 8.87. The van der Waals surface area contributed by atoms with Gasteiger partial charge in [-0.1, -0.05) is 42.8 Å². The summed E-state index contributed by atoms with van der Waals surface area (Å²) in [4.78, 5) is 8.46.